The molecule has 0 aliphatic rings. The van der Waals surface area contributed by atoms with Crippen molar-refractivity contribution in [1.29, 1.82) is 0 Å². The number of hydrogen-bond acceptors (Lipinski definition) is 2. The lowest BCUT2D eigenvalue weighted by atomic mass is 9.95. The fourth-order valence-corrected chi connectivity index (χ4v) is 10.3. The van der Waals surface area contributed by atoms with Gasteiger partial charge >= 0.3 is 0 Å². The molecule has 13 rings (SSSR count). The maximum Gasteiger partial charge on any atom is 0.160 e. The van der Waals surface area contributed by atoms with E-state index in [0.29, 0.717) is 5.82 Å². The van der Waals surface area contributed by atoms with Crippen LogP contribution in [0.4, 0.5) is 0 Å². The molecule has 0 aliphatic heterocycles. The van der Waals surface area contributed by atoms with E-state index in [2.05, 4.69) is 278 Å². The molecule has 13 aromatic rings. The molecule has 11 aromatic carbocycles. The molecule has 0 saturated carbocycles. The first-order valence-corrected chi connectivity index (χ1v) is 24.2. The van der Waals surface area contributed by atoms with Gasteiger partial charge in [0.1, 0.15) is 0 Å². The van der Waals surface area contributed by atoms with Crippen molar-refractivity contribution in [3.8, 4) is 95.2 Å². The number of hydrogen-bond donors (Lipinski definition) is 0. The summed E-state index contributed by atoms with van der Waals surface area (Å²) in [4.78, 5) is 10.7. The number of rotatable bonds is 9. The number of benzene rings is 11. The molecule has 0 spiro atoms. The monoisotopic (exact) mass is 903 g/mol. The summed E-state index contributed by atoms with van der Waals surface area (Å²) in [5.41, 5.74) is 19.9. The minimum atomic E-state index is 0.674. The average molecular weight is 904 g/mol. The average Bonchev–Trinajstić information content (AvgIpc) is 3.80. The summed E-state index contributed by atoms with van der Waals surface area (Å²) in [6.45, 7) is 0. The molecule has 3 nitrogen and oxygen atoms in total. The highest BCUT2D eigenvalue weighted by atomic mass is 15.0. The van der Waals surface area contributed by atoms with E-state index in [1.807, 2.05) is 0 Å². The maximum absolute atomic E-state index is 5.37. The van der Waals surface area contributed by atoms with Crippen LogP contribution in [0.3, 0.4) is 0 Å². The summed E-state index contributed by atoms with van der Waals surface area (Å²) in [5.74, 6) is 0.674. The fraction of sp³-hybridized carbons (Fsp3) is 0. The van der Waals surface area contributed by atoms with Gasteiger partial charge in [0.15, 0.2) is 5.82 Å². The Labute approximate surface area is 413 Å². The Kier molecular flexibility index (Phi) is 10.5. The third-order valence-corrected chi connectivity index (χ3v) is 13.8. The van der Waals surface area contributed by atoms with Crippen LogP contribution in [0, 0.1) is 0 Å². The molecular formula is C68H45N3. The quantitative estimate of drug-likeness (QED) is 0.144. The zero-order valence-corrected chi connectivity index (χ0v) is 38.8. The first-order valence-electron chi connectivity index (χ1n) is 24.2. The van der Waals surface area contributed by atoms with Crippen LogP contribution in [0.5, 0.6) is 0 Å². The molecule has 0 amide bonds. The fourth-order valence-electron chi connectivity index (χ4n) is 10.3. The number of para-hydroxylation sites is 2. The van der Waals surface area contributed by atoms with Gasteiger partial charge in [0, 0.05) is 33.2 Å². The van der Waals surface area contributed by atoms with Crippen molar-refractivity contribution in [3.63, 3.8) is 0 Å². The van der Waals surface area contributed by atoms with Crippen molar-refractivity contribution in [1.82, 2.24) is 14.5 Å². The summed E-state index contributed by atoms with van der Waals surface area (Å²) in [5, 5.41) is 4.92. The summed E-state index contributed by atoms with van der Waals surface area (Å²) < 4.78 is 2.38. The van der Waals surface area contributed by atoms with E-state index < -0.39 is 0 Å². The lowest BCUT2D eigenvalue weighted by molar-refractivity contribution is 1.18. The van der Waals surface area contributed by atoms with Gasteiger partial charge in [0.05, 0.1) is 22.4 Å². The van der Waals surface area contributed by atoms with Gasteiger partial charge in [0.25, 0.3) is 0 Å². The van der Waals surface area contributed by atoms with Crippen molar-refractivity contribution in [2.45, 2.75) is 0 Å². The topological polar surface area (TPSA) is 30.7 Å². The molecule has 0 saturated heterocycles. The van der Waals surface area contributed by atoms with Crippen molar-refractivity contribution in [2.75, 3.05) is 0 Å². The molecule has 0 aliphatic carbocycles. The standard InChI is InChI=1S/C68H45N3/c1-2-16-46(17-3-1)50-20-10-22-52(40-50)53-23-11-21-51(41-53)47-36-38-49(39-37-47)64-45-65(70-68(69-64)58-28-13-26-56(43-58)61-33-15-19-48-18-4-5-30-60(48)61)57-27-12-24-54(42-57)55-25-14-29-59(44-55)71-66-34-8-6-31-62(66)63-32-7-9-35-67(63)71/h1-45H. The predicted octanol–water partition coefficient (Wildman–Crippen LogP) is 18.1. The van der Waals surface area contributed by atoms with Crippen molar-refractivity contribution < 1.29 is 0 Å². The van der Waals surface area contributed by atoms with E-state index in [1.165, 1.54) is 60.4 Å². The molecule has 0 N–H and O–H groups in total. The summed E-state index contributed by atoms with van der Waals surface area (Å²) in [6, 6.07) is 97.8. The zero-order valence-electron chi connectivity index (χ0n) is 38.8. The molecule has 332 valence electrons. The second-order valence-electron chi connectivity index (χ2n) is 18.2. The number of nitrogens with zero attached hydrogens (tertiary/aromatic N) is 3. The van der Waals surface area contributed by atoms with Gasteiger partial charge < -0.3 is 4.57 Å². The van der Waals surface area contributed by atoms with Crippen LogP contribution in [-0.4, -0.2) is 14.5 Å². The van der Waals surface area contributed by atoms with Crippen LogP contribution in [0.25, 0.3) is 128 Å². The lowest BCUT2D eigenvalue weighted by Gasteiger charge is -2.13. The molecule has 0 radical (unpaired) electrons. The molecule has 0 unspecified atom stereocenters. The van der Waals surface area contributed by atoms with Crippen LogP contribution in [0.1, 0.15) is 0 Å². The van der Waals surface area contributed by atoms with Gasteiger partial charge in [-0.2, -0.15) is 0 Å². The Balaban J connectivity index is 0.890. The molecule has 3 heteroatoms. The third-order valence-electron chi connectivity index (χ3n) is 13.8. The zero-order chi connectivity index (χ0) is 47.1. The Morgan fingerprint density at radius 1 is 0.239 bits per heavy atom. The van der Waals surface area contributed by atoms with E-state index in [0.717, 1.165) is 61.6 Å². The Bertz CT molecular complexity index is 4050. The highest BCUT2D eigenvalue weighted by Crippen LogP contribution is 2.37. The van der Waals surface area contributed by atoms with Crippen LogP contribution in [-0.2, 0) is 0 Å². The molecule has 71 heavy (non-hydrogen) atoms. The lowest BCUT2D eigenvalue weighted by Crippen LogP contribution is -1.97. The molecule has 0 atom stereocenters. The van der Waals surface area contributed by atoms with Gasteiger partial charge in [-0.15, -0.1) is 0 Å². The van der Waals surface area contributed by atoms with Crippen molar-refractivity contribution in [3.05, 3.63) is 273 Å². The minimum absolute atomic E-state index is 0.674. The Morgan fingerprint density at radius 2 is 0.648 bits per heavy atom. The number of fused-ring (bicyclic) bond motifs is 4. The second-order valence-corrected chi connectivity index (χ2v) is 18.2. The van der Waals surface area contributed by atoms with Gasteiger partial charge in [-0.25, -0.2) is 9.97 Å². The van der Waals surface area contributed by atoms with Crippen LogP contribution < -0.4 is 0 Å². The van der Waals surface area contributed by atoms with E-state index in [4.69, 9.17) is 9.97 Å². The Hall–Kier alpha value is -9.44. The van der Waals surface area contributed by atoms with E-state index >= 15 is 0 Å². The highest BCUT2D eigenvalue weighted by molar-refractivity contribution is 6.09. The molecule has 2 heterocycles. The summed E-state index contributed by atoms with van der Waals surface area (Å²) in [7, 11) is 0. The highest BCUT2D eigenvalue weighted by Gasteiger charge is 2.16. The summed E-state index contributed by atoms with van der Waals surface area (Å²) in [6.07, 6.45) is 0. The SMILES string of the molecule is c1ccc(-c2cccc(-c3cccc(-c4ccc(-c5cc(-c6cccc(-c7cccc(-n8c9ccccc9c9ccccc98)c7)c6)nc(-c6cccc(-c7cccc8ccccc78)c6)n5)cc4)c3)c2)cc1. The first-order chi connectivity index (χ1) is 35.2. The third kappa shape index (κ3) is 7.96. The van der Waals surface area contributed by atoms with Crippen molar-refractivity contribution in [2.24, 2.45) is 0 Å². The number of aromatic nitrogens is 3. The Morgan fingerprint density at radius 3 is 1.31 bits per heavy atom. The first kappa shape index (κ1) is 41.7. The van der Waals surface area contributed by atoms with E-state index in [1.54, 1.807) is 0 Å². The predicted molar refractivity (Wildman–Crippen MR) is 297 cm³/mol. The molecule has 0 bridgehead atoms. The van der Waals surface area contributed by atoms with Gasteiger partial charge in [-0.3, -0.25) is 0 Å². The van der Waals surface area contributed by atoms with Crippen LogP contribution >= 0.6 is 0 Å². The molecule has 2 aromatic heterocycles. The van der Waals surface area contributed by atoms with Crippen LogP contribution in [0.2, 0.25) is 0 Å². The van der Waals surface area contributed by atoms with Crippen LogP contribution in [0.15, 0.2) is 273 Å². The molecule has 0 fully saturated rings. The largest absolute Gasteiger partial charge is 0.309 e. The van der Waals surface area contributed by atoms with Gasteiger partial charge in [0.2, 0.25) is 0 Å². The smallest absolute Gasteiger partial charge is 0.160 e. The second kappa shape index (κ2) is 17.9. The van der Waals surface area contributed by atoms with Crippen molar-refractivity contribution >= 4 is 32.6 Å². The minimum Gasteiger partial charge on any atom is -0.309 e. The summed E-state index contributed by atoms with van der Waals surface area (Å²) >= 11 is 0. The van der Waals surface area contributed by atoms with Gasteiger partial charge in [-0.1, -0.05) is 218 Å². The maximum atomic E-state index is 5.37. The van der Waals surface area contributed by atoms with E-state index in [9.17, 15) is 0 Å². The molecular weight excluding hydrogens is 859 g/mol. The normalized spacial score (nSPS) is 11.4. The van der Waals surface area contributed by atoms with Gasteiger partial charge in [-0.05, 0) is 121 Å². The van der Waals surface area contributed by atoms with E-state index in [-0.39, 0.29) is 0 Å².